The lowest BCUT2D eigenvalue weighted by atomic mass is 9.80. The van der Waals surface area contributed by atoms with E-state index in [9.17, 15) is 18.8 Å². The van der Waals surface area contributed by atoms with Gasteiger partial charge in [-0.1, -0.05) is 41.9 Å². The van der Waals surface area contributed by atoms with Crippen LogP contribution in [0.2, 0.25) is 5.02 Å². The molecule has 0 spiro atoms. The van der Waals surface area contributed by atoms with E-state index in [2.05, 4.69) is 16.5 Å². The number of rotatable bonds is 8. The van der Waals surface area contributed by atoms with E-state index in [0.717, 1.165) is 0 Å². The van der Waals surface area contributed by atoms with Crippen molar-refractivity contribution in [2.24, 2.45) is 11.7 Å². The van der Waals surface area contributed by atoms with E-state index >= 15 is 0 Å². The number of amides is 3. The predicted octanol–water partition coefficient (Wildman–Crippen LogP) is 2.37. The van der Waals surface area contributed by atoms with Gasteiger partial charge in [-0.05, 0) is 25.0 Å². The maximum Gasteiger partial charge on any atom is 0.269 e. The quantitative estimate of drug-likeness (QED) is 0.493. The van der Waals surface area contributed by atoms with Crippen molar-refractivity contribution in [3.63, 3.8) is 0 Å². The van der Waals surface area contributed by atoms with Crippen LogP contribution in [-0.2, 0) is 22.7 Å². The lowest BCUT2D eigenvalue weighted by Crippen LogP contribution is -2.52. The number of nitrogens with two attached hydrogens (primary N) is 1. The van der Waals surface area contributed by atoms with Crippen molar-refractivity contribution in [1.29, 1.82) is 5.26 Å². The Hall–Kier alpha value is -3.97. The van der Waals surface area contributed by atoms with Crippen LogP contribution in [0.4, 0.5) is 4.39 Å². The summed E-state index contributed by atoms with van der Waals surface area (Å²) in [6.45, 7) is -0.589. The van der Waals surface area contributed by atoms with Crippen molar-refractivity contribution in [2.45, 2.75) is 32.0 Å². The van der Waals surface area contributed by atoms with Crippen LogP contribution in [-0.4, -0.2) is 45.0 Å². The van der Waals surface area contributed by atoms with Crippen LogP contribution in [0.25, 0.3) is 10.9 Å². The highest BCUT2D eigenvalue weighted by molar-refractivity contribution is 6.30. The number of fused-ring (bicyclic) bond motifs is 1. The molecule has 3 N–H and O–H groups in total. The van der Waals surface area contributed by atoms with Crippen LogP contribution in [0.3, 0.4) is 0 Å². The number of carbonyl (C=O) groups excluding carboxylic acids is 3. The lowest BCUT2D eigenvalue weighted by Gasteiger charge is -2.40. The Kier molecular flexibility index (Phi) is 6.98. The molecule has 0 unspecified atom stereocenters. The number of primary amides is 1. The minimum atomic E-state index is -0.715. The molecule has 0 saturated heterocycles. The summed E-state index contributed by atoms with van der Waals surface area (Å²) in [7, 11) is 0. The molecule has 11 heteroatoms. The Balaban J connectivity index is 1.50. The topological polar surface area (TPSA) is 134 Å². The van der Waals surface area contributed by atoms with Crippen LogP contribution in [0, 0.1) is 23.1 Å². The summed E-state index contributed by atoms with van der Waals surface area (Å²) in [6.07, 6.45) is 0.898. The normalized spacial score (nSPS) is 16.8. The van der Waals surface area contributed by atoms with Gasteiger partial charge in [0.05, 0.1) is 29.1 Å². The standard InChI is InChI=1S/C24H22ClFN6O3/c25-18-6-3-4-15(22(18)26)11-29-20(33)12-31(16-8-14(9-16)10-27)21(34)13-32-19-7-2-1-5-17(19)23(30-32)24(28)35/h1-7,14,16H,8-9,11-13H2,(H2,28,35)(H,29,33). The molecule has 4 rings (SSSR count). The minimum absolute atomic E-state index is 0.0488. The van der Waals surface area contributed by atoms with E-state index in [1.54, 1.807) is 30.3 Å². The lowest BCUT2D eigenvalue weighted by molar-refractivity contribution is -0.141. The third-order valence-electron chi connectivity index (χ3n) is 6.05. The number of aromatic nitrogens is 2. The summed E-state index contributed by atoms with van der Waals surface area (Å²) in [6, 6.07) is 13.3. The Labute approximate surface area is 205 Å². The first-order chi connectivity index (χ1) is 16.8. The molecule has 1 aliphatic rings. The van der Waals surface area contributed by atoms with Gasteiger partial charge in [0.2, 0.25) is 11.8 Å². The van der Waals surface area contributed by atoms with Crippen LogP contribution >= 0.6 is 11.6 Å². The van der Waals surface area contributed by atoms with Gasteiger partial charge in [0.1, 0.15) is 12.4 Å². The number of hydrogen-bond donors (Lipinski definition) is 2. The van der Waals surface area contributed by atoms with Gasteiger partial charge >= 0.3 is 0 Å². The second-order valence-corrected chi connectivity index (χ2v) is 8.76. The first-order valence-corrected chi connectivity index (χ1v) is 11.3. The van der Waals surface area contributed by atoms with Crippen LogP contribution < -0.4 is 11.1 Å². The number of halogens is 2. The summed E-state index contributed by atoms with van der Waals surface area (Å²) < 4.78 is 15.5. The molecule has 1 fully saturated rings. The Morgan fingerprint density at radius 3 is 2.69 bits per heavy atom. The molecule has 0 aliphatic heterocycles. The second-order valence-electron chi connectivity index (χ2n) is 8.35. The maximum atomic E-state index is 14.1. The molecule has 0 radical (unpaired) electrons. The van der Waals surface area contributed by atoms with Gasteiger partial charge in [0.25, 0.3) is 5.91 Å². The van der Waals surface area contributed by atoms with E-state index in [4.69, 9.17) is 22.6 Å². The van der Waals surface area contributed by atoms with Crippen molar-refractivity contribution >= 4 is 40.2 Å². The first kappa shape index (κ1) is 24.2. The molecule has 2 aromatic carbocycles. The predicted molar refractivity (Wildman–Crippen MR) is 125 cm³/mol. The average Bonchev–Trinajstić information content (AvgIpc) is 3.17. The van der Waals surface area contributed by atoms with E-state index in [0.29, 0.717) is 23.7 Å². The third-order valence-corrected chi connectivity index (χ3v) is 6.35. The van der Waals surface area contributed by atoms with Crippen molar-refractivity contribution in [3.8, 4) is 6.07 Å². The number of nitriles is 1. The fourth-order valence-electron chi connectivity index (χ4n) is 4.11. The van der Waals surface area contributed by atoms with Gasteiger partial charge in [-0.15, -0.1) is 0 Å². The van der Waals surface area contributed by atoms with Gasteiger partial charge in [-0.25, -0.2) is 4.39 Å². The van der Waals surface area contributed by atoms with Crippen LogP contribution in [0.5, 0.6) is 0 Å². The van der Waals surface area contributed by atoms with Crippen molar-refractivity contribution < 1.29 is 18.8 Å². The molecular formula is C24H22ClFN6O3. The summed E-state index contributed by atoms with van der Waals surface area (Å²) in [5, 5.41) is 16.4. The Morgan fingerprint density at radius 1 is 1.23 bits per heavy atom. The molecule has 35 heavy (non-hydrogen) atoms. The zero-order valence-electron chi connectivity index (χ0n) is 18.6. The van der Waals surface area contributed by atoms with E-state index < -0.39 is 23.5 Å². The molecule has 180 valence electrons. The number of nitrogens with one attached hydrogen (secondary N) is 1. The Morgan fingerprint density at radius 2 is 1.97 bits per heavy atom. The third kappa shape index (κ3) is 5.10. The zero-order chi connectivity index (χ0) is 25.1. The molecule has 1 saturated carbocycles. The van der Waals surface area contributed by atoms with Gasteiger partial charge in [-0.2, -0.15) is 10.4 Å². The first-order valence-electron chi connectivity index (χ1n) is 10.9. The van der Waals surface area contributed by atoms with Crippen molar-refractivity contribution in [2.75, 3.05) is 6.54 Å². The monoisotopic (exact) mass is 496 g/mol. The summed E-state index contributed by atoms with van der Waals surface area (Å²) in [5.41, 5.74) is 6.26. The molecule has 1 heterocycles. The molecule has 1 aromatic heterocycles. The number of para-hydroxylation sites is 1. The molecule has 0 bridgehead atoms. The SMILES string of the molecule is N#CC1CC(N(CC(=O)NCc2cccc(Cl)c2F)C(=O)Cn2nc(C(N)=O)c3ccccc32)C1. The molecular weight excluding hydrogens is 475 g/mol. The van der Waals surface area contributed by atoms with Gasteiger partial charge in [0.15, 0.2) is 5.69 Å². The van der Waals surface area contributed by atoms with Gasteiger partial charge in [0, 0.05) is 23.5 Å². The molecule has 0 atom stereocenters. The van der Waals surface area contributed by atoms with E-state index in [1.165, 1.54) is 21.7 Å². The highest BCUT2D eigenvalue weighted by Gasteiger charge is 2.37. The largest absolute Gasteiger partial charge is 0.364 e. The molecule has 3 aromatic rings. The average molecular weight is 497 g/mol. The number of nitrogens with zero attached hydrogens (tertiary/aromatic N) is 4. The van der Waals surface area contributed by atoms with Gasteiger partial charge < -0.3 is 16.0 Å². The number of benzene rings is 2. The summed E-state index contributed by atoms with van der Waals surface area (Å²) in [4.78, 5) is 39.1. The fourth-order valence-corrected chi connectivity index (χ4v) is 4.30. The van der Waals surface area contributed by atoms with Crippen molar-refractivity contribution in [3.05, 3.63) is 64.6 Å². The van der Waals surface area contributed by atoms with E-state index in [-0.39, 0.29) is 47.9 Å². The minimum Gasteiger partial charge on any atom is -0.364 e. The zero-order valence-corrected chi connectivity index (χ0v) is 19.3. The van der Waals surface area contributed by atoms with Gasteiger partial charge in [-0.3, -0.25) is 19.1 Å². The molecule has 9 nitrogen and oxygen atoms in total. The van der Waals surface area contributed by atoms with Crippen molar-refractivity contribution in [1.82, 2.24) is 20.0 Å². The van der Waals surface area contributed by atoms with Crippen LogP contribution in [0.1, 0.15) is 28.9 Å². The highest BCUT2D eigenvalue weighted by Crippen LogP contribution is 2.31. The summed E-state index contributed by atoms with van der Waals surface area (Å²) >= 11 is 5.79. The number of carbonyl (C=O) groups is 3. The maximum absolute atomic E-state index is 14.1. The Bertz CT molecular complexity index is 1340. The molecule has 1 aliphatic carbocycles. The van der Waals surface area contributed by atoms with E-state index in [1.807, 2.05) is 0 Å². The highest BCUT2D eigenvalue weighted by atomic mass is 35.5. The van der Waals surface area contributed by atoms with Crippen LogP contribution in [0.15, 0.2) is 42.5 Å². The number of hydrogen-bond acceptors (Lipinski definition) is 5. The second kappa shape index (κ2) is 10.1. The smallest absolute Gasteiger partial charge is 0.269 e. The molecule has 3 amide bonds. The summed E-state index contributed by atoms with van der Waals surface area (Å²) in [5.74, 6) is -2.41. The fraction of sp³-hybridized carbons (Fsp3) is 0.292.